The second kappa shape index (κ2) is 4.48. The summed E-state index contributed by atoms with van der Waals surface area (Å²) in [5, 5.41) is 13.1. The summed E-state index contributed by atoms with van der Waals surface area (Å²) in [6.45, 7) is 0. The lowest BCUT2D eigenvalue weighted by molar-refractivity contribution is 0.405. The van der Waals surface area contributed by atoms with Gasteiger partial charge in [-0.15, -0.1) is 4.91 Å². The quantitative estimate of drug-likeness (QED) is 0.421. The molecule has 0 aliphatic carbocycles. The van der Waals surface area contributed by atoms with Gasteiger partial charge in [-0.3, -0.25) is 0 Å². The summed E-state index contributed by atoms with van der Waals surface area (Å²) in [4.78, 5) is 10.8. The van der Waals surface area contributed by atoms with Gasteiger partial charge in [-0.2, -0.15) is 5.26 Å². The molecule has 0 radical (unpaired) electrons. The number of thioether (sulfide) groups is 1. The lowest BCUT2D eigenvalue weighted by atomic mass is 10.3. The van der Waals surface area contributed by atoms with Crippen molar-refractivity contribution in [1.29, 1.82) is 5.26 Å². The molecule has 0 aliphatic rings. The van der Waals surface area contributed by atoms with E-state index in [1.807, 2.05) is 5.40 Å². The van der Waals surface area contributed by atoms with E-state index in [1.165, 1.54) is 19.2 Å². The molecule has 0 amide bonds. The van der Waals surface area contributed by atoms with Crippen LogP contribution < -0.4 is 4.74 Å². The van der Waals surface area contributed by atoms with Gasteiger partial charge in [-0.1, -0.05) is 0 Å². The number of hydrogen-bond donors (Lipinski definition) is 0. The van der Waals surface area contributed by atoms with Crippen LogP contribution in [0.2, 0.25) is 0 Å². The van der Waals surface area contributed by atoms with E-state index in [4.69, 9.17) is 10.00 Å². The molecule has 0 saturated heterocycles. The molecule has 0 unspecified atom stereocenters. The third-order valence-electron chi connectivity index (χ3n) is 1.41. The van der Waals surface area contributed by atoms with E-state index >= 15 is 0 Å². The summed E-state index contributed by atoms with van der Waals surface area (Å²) in [5.74, 6) is 0.489. The fourth-order valence-corrected chi connectivity index (χ4v) is 1.32. The molecule has 0 fully saturated rings. The zero-order valence-corrected chi connectivity index (χ0v) is 7.67. The SMILES string of the molecule is COc1cc(N=O)ccc1SC#N. The summed E-state index contributed by atoms with van der Waals surface area (Å²) in [6, 6.07) is 4.66. The molecule has 0 aliphatic heterocycles. The van der Waals surface area contributed by atoms with E-state index < -0.39 is 0 Å². The maximum atomic E-state index is 10.2. The van der Waals surface area contributed by atoms with Crippen molar-refractivity contribution < 1.29 is 4.74 Å². The average Bonchev–Trinajstić information content (AvgIpc) is 2.19. The second-order valence-electron chi connectivity index (χ2n) is 2.12. The first-order valence-electron chi connectivity index (χ1n) is 3.39. The van der Waals surface area contributed by atoms with Crippen molar-refractivity contribution in [2.45, 2.75) is 4.90 Å². The van der Waals surface area contributed by atoms with Crippen molar-refractivity contribution in [1.82, 2.24) is 0 Å². The van der Waals surface area contributed by atoms with Crippen molar-refractivity contribution in [3.8, 4) is 11.2 Å². The summed E-state index contributed by atoms with van der Waals surface area (Å²) in [5.41, 5.74) is 0.291. The number of benzene rings is 1. The normalized spacial score (nSPS) is 8.92. The second-order valence-corrected chi connectivity index (χ2v) is 2.95. The Morgan fingerprint density at radius 1 is 1.62 bits per heavy atom. The van der Waals surface area contributed by atoms with E-state index in [-0.39, 0.29) is 0 Å². The van der Waals surface area contributed by atoms with Crippen LogP contribution in [-0.2, 0) is 0 Å². The summed E-state index contributed by atoms with van der Waals surface area (Å²) in [7, 11) is 1.48. The molecule has 0 N–H and O–H groups in total. The van der Waals surface area contributed by atoms with Crippen LogP contribution >= 0.6 is 11.8 Å². The number of hydrogen-bond acceptors (Lipinski definition) is 5. The van der Waals surface area contributed by atoms with E-state index in [2.05, 4.69) is 5.18 Å². The Morgan fingerprint density at radius 3 is 2.92 bits per heavy atom. The summed E-state index contributed by atoms with van der Waals surface area (Å²) in [6.07, 6.45) is 0. The van der Waals surface area contributed by atoms with Crippen LogP contribution in [0, 0.1) is 15.6 Å². The van der Waals surface area contributed by atoms with Crippen molar-refractivity contribution >= 4 is 17.4 Å². The van der Waals surface area contributed by atoms with E-state index in [0.717, 1.165) is 11.8 Å². The number of nitrogens with zero attached hydrogens (tertiary/aromatic N) is 2. The lowest BCUT2D eigenvalue weighted by Gasteiger charge is -2.03. The number of rotatable bonds is 3. The maximum absolute atomic E-state index is 10.2. The van der Waals surface area contributed by atoms with Crippen molar-refractivity contribution in [2.75, 3.05) is 7.11 Å². The lowest BCUT2D eigenvalue weighted by Crippen LogP contribution is -1.84. The zero-order valence-electron chi connectivity index (χ0n) is 6.85. The highest BCUT2D eigenvalue weighted by molar-refractivity contribution is 8.03. The van der Waals surface area contributed by atoms with E-state index in [1.54, 1.807) is 6.07 Å². The van der Waals surface area contributed by atoms with Crippen molar-refractivity contribution in [2.24, 2.45) is 5.18 Å². The molecule has 0 heterocycles. The molecule has 0 bridgehead atoms. The fourth-order valence-electron chi connectivity index (χ4n) is 0.847. The zero-order chi connectivity index (χ0) is 9.68. The molecule has 0 aromatic heterocycles. The first kappa shape index (κ1) is 9.55. The molecular weight excluding hydrogens is 188 g/mol. The smallest absolute Gasteiger partial charge is 0.138 e. The van der Waals surface area contributed by atoms with Crippen LogP contribution in [0.15, 0.2) is 28.3 Å². The molecule has 66 valence electrons. The molecule has 4 nitrogen and oxygen atoms in total. The van der Waals surface area contributed by atoms with Gasteiger partial charge >= 0.3 is 0 Å². The van der Waals surface area contributed by atoms with Gasteiger partial charge in [0.05, 0.1) is 12.0 Å². The number of thiocyanates is 1. The molecule has 1 aromatic rings. The number of nitriles is 1. The molecule has 0 atom stereocenters. The minimum atomic E-state index is 0.291. The van der Waals surface area contributed by atoms with Crippen LogP contribution in [0.25, 0.3) is 0 Å². The largest absolute Gasteiger partial charge is 0.495 e. The minimum absolute atomic E-state index is 0.291. The third-order valence-corrected chi connectivity index (χ3v) is 2.06. The highest BCUT2D eigenvalue weighted by atomic mass is 32.2. The summed E-state index contributed by atoms with van der Waals surface area (Å²) >= 11 is 0.983. The highest BCUT2D eigenvalue weighted by Crippen LogP contribution is 2.31. The van der Waals surface area contributed by atoms with Crippen LogP contribution in [-0.4, -0.2) is 7.11 Å². The summed E-state index contributed by atoms with van der Waals surface area (Å²) < 4.78 is 4.97. The average molecular weight is 194 g/mol. The van der Waals surface area contributed by atoms with Gasteiger partial charge in [0.1, 0.15) is 16.8 Å². The van der Waals surface area contributed by atoms with Crippen LogP contribution in [0.1, 0.15) is 0 Å². The first-order valence-corrected chi connectivity index (χ1v) is 4.20. The first-order chi connectivity index (χ1) is 6.31. The van der Waals surface area contributed by atoms with E-state index in [0.29, 0.717) is 16.3 Å². The van der Waals surface area contributed by atoms with Crippen molar-refractivity contribution in [3.05, 3.63) is 23.1 Å². The maximum Gasteiger partial charge on any atom is 0.138 e. The Kier molecular flexibility index (Phi) is 3.29. The number of ether oxygens (including phenoxy) is 1. The monoisotopic (exact) mass is 194 g/mol. The Hall–Kier alpha value is -1.54. The standard InChI is InChI=1S/C8H6N2O2S/c1-12-7-4-6(10-11)2-3-8(7)13-5-9/h2-4H,1H3. The fraction of sp³-hybridized carbons (Fsp3) is 0.125. The van der Waals surface area contributed by atoms with Gasteiger partial charge < -0.3 is 4.74 Å². The molecule has 1 rings (SSSR count). The third kappa shape index (κ3) is 2.20. The van der Waals surface area contributed by atoms with Crippen LogP contribution in [0.5, 0.6) is 5.75 Å². The Balaban J connectivity index is 3.09. The van der Waals surface area contributed by atoms with E-state index in [9.17, 15) is 4.91 Å². The highest BCUT2D eigenvalue weighted by Gasteiger charge is 2.04. The van der Waals surface area contributed by atoms with Gasteiger partial charge in [0.15, 0.2) is 0 Å². The van der Waals surface area contributed by atoms with Gasteiger partial charge in [-0.05, 0) is 29.1 Å². The Bertz CT molecular complexity index is 360. The molecule has 13 heavy (non-hydrogen) atoms. The molecule has 0 spiro atoms. The molecule has 1 aromatic carbocycles. The van der Waals surface area contributed by atoms with Crippen molar-refractivity contribution in [3.63, 3.8) is 0 Å². The number of methoxy groups -OCH3 is 1. The van der Waals surface area contributed by atoms with Crippen LogP contribution in [0.3, 0.4) is 0 Å². The molecule has 0 saturated carbocycles. The predicted molar refractivity (Wildman–Crippen MR) is 49.9 cm³/mol. The molecular formula is C8H6N2O2S. The predicted octanol–water partition coefficient (Wildman–Crippen LogP) is 2.67. The minimum Gasteiger partial charge on any atom is -0.495 e. The molecule has 5 heteroatoms. The number of nitroso groups, excluding NO2 is 1. The Labute approximate surface area is 79.5 Å². The van der Waals surface area contributed by atoms with Crippen LogP contribution in [0.4, 0.5) is 5.69 Å². The van der Waals surface area contributed by atoms with Gasteiger partial charge in [-0.25, -0.2) is 0 Å². The van der Waals surface area contributed by atoms with Gasteiger partial charge in [0, 0.05) is 6.07 Å². The van der Waals surface area contributed by atoms with Gasteiger partial charge in [0.2, 0.25) is 0 Å². The topological polar surface area (TPSA) is 62.4 Å². The van der Waals surface area contributed by atoms with Gasteiger partial charge in [0.25, 0.3) is 0 Å². The Morgan fingerprint density at radius 2 is 2.38 bits per heavy atom.